The molecule has 1 aromatic rings. The molecule has 0 aromatic carbocycles. The summed E-state index contributed by atoms with van der Waals surface area (Å²) in [6.45, 7) is 5.67. The molecule has 0 aliphatic carbocycles. The van der Waals surface area contributed by atoms with E-state index in [4.69, 9.17) is 0 Å². The van der Waals surface area contributed by atoms with Crippen LogP contribution in [0.2, 0.25) is 0 Å². The fourth-order valence-corrected chi connectivity index (χ4v) is 3.03. The zero-order chi connectivity index (χ0) is 13.9. The fraction of sp³-hybridized carbons (Fsp3) is 0.600. The van der Waals surface area contributed by atoms with Crippen molar-refractivity contribution >= 4 is 5.97 Å². The maximum Gasteiger partial charge on any atom is 0.310 e. The van der Waals surface area contributed by atoms with Gasteiger partial charge in [-0.2, -0.15) is 0 Å². The van der Waals surface area contributed by atoms with Gasteiger partial charge in [-0.1, -0.05) is 19.4 Å². The molecule has 1 aromatic heterocycles. The van der Waals surface area contributed by atoms with Gasteiger partial charge in [0.1, 0.15) is 0 Å². The normalized spacial score (nSPS) is 25.4. The van der Waals surface area contributed by atoms with Crippen LogP contribution in [-0.4, -0.2) is 34.0 Å². The van der Waals surface area contributed by atoms with Gasteiger partial charge < -0.3 is 5.11 Å². The van der Waals surface area contributed by atoms with Gasteiger partial charge in [0.05, 0.1) is 5.41 Å². The first-order valence-corrected chi connectivity index (χ1v) is 6.96. The van der Waals surface area contributed by atoms with E-state index in [-0.39, 0.29) is 6.04 Å². The fourth-order valence-electron chi connectivity index (χ4n) is 3.03. The molecule has 2 atom stereocenters. The average Bonchev–Trinajstić information content (AvgIpc) is 2.85. The quantitative estimate of drug-likeness (QED) is 0.886. The lowest BCUT2D eigenvalue weighted by Gasteiger charge is -2.28. The highest BCUT2D eigenvalue weighted by Crippen LogP contribution is 2.39. The Morgan fingerprint density at radius 3 is 3.00 bits per heavy atom. The molecular weight excluding hydrogens is 240 g/mol. The molecule has 1 aliphatic rings. The molecule has 1 saturated heterocycles. The van der Waals surface area contributed by atoms with E-state index in [1.165, 1.54) is 0 Å². The molecule has 0 amide bonds. The van der Waals surface area contributed by atoms with Crippen molar-refractivity contribution in [1.29, 1.82) is 0 Å². The third kappa shape index (κ3) is 2.78. The van der Waals surface area contributed by atoms with Crippen LogP contribution in [0.3, 0.4) is 0 Å². The Labute approximate surface area is 114 Å². The molecule has 104 valence electrons. The van der Waals surface area contributed by atoms with E-state index in [1.807, 2.05) is 12.3 Å². The average molecular weight is 262 g/mol. The summed E-state index contributed by atoms with van der Waals surface area (Å²) < 4.78 is 0. The SMILES string of the molecule is CCCC1(C(=O)O)CCN(C(C)c2cccnc2)C1. The van der Waals surface area contributed by atoms with Gasteiger partial charge in [-0.25, -0.2) is 0 Å². The number of carboxylic acids is 1. The van der Waals surface area contributed by atoms with Gasteiger partial charge in [0.2, 0.25) is 0 Å². The number of hydrogen-bond acceptors (Lipinski definition) is 3. The molecule has 0 spiro atoms. The second-order valence-electron chi connectivity index (χ2n) is 5.52. The number of likely N-dealkylation sites (tertiary alicyclic amines) is 1. The lowest BCUT2D eigenvalue weighted by molar-refractivity contribution is -0.148. The van der Waals surface area contributed by atoms with Crippen LogP contribution < -0.4 is 0 Å². The van der Waals surface area contributed by atoms with Crippen molar-refractivity contribution in [3.05, 3.63) is 30.1 Å². The summed E-state index contributed by atoms with van der Waals surface area (Å²) in [4.78, 5) is 18.0. The summed E-state index contributed by atoms with van der Waals surface area (Å²) in [7, 11) is 0. The number of carboxylic acid groups (broad SMARTS) is 1. The molecule has 4 heteroatoms. The summed E-state index contributed by atoms with van der Waals surface area (Å²) in [6.07, 6.45) is 6.06. The number of aliphatic carboxylic acids is 1. The first kappa shape index (κ1) is 14.0. The van der Waals surface area contributed by atoms with Crippen LogP contribution in [-0.2, 0) is 4.79 Å². The number of pyridine rings is 1. The van der Waals surface area contributed by atoms with Gasteiger partial charge in [-0.3, -0.25) is 14.7 Å². The van der Waals surface area contributed by atoms with E-state index in [9.17, 15) is 9.90 Å². The number of rotatable bonds is 5. The predicted octanol–water partition coefficient (Wildman–Crippen LogP) is 2.72. The second kappa shape index (κ2) is 5.70. The van der Waals surface area contributed by atoms with E-state index in [1.54, 1.807) is 6.20 Å². The van der Waals surface area contributed by atoms with Gasteiger partial charge in [0, 0.05) is 25.0 Å². The lowest BCUT2D eigenvalue weighted by atomic mass is 9.82. The first-order chi connectivity index (χ1) is 9.09. The van der Waals surface area contributed by atoms with Crippen LogP contribution >= 0.6 is 0 Å². The van der Waals surface area contributed by atoms with E-state index >= 15 is 0 Å². The van der Waals surface area contributed by atoms with E-state index in [0.717, 1.165) is 31.4 Å². The monoisotopic (exact) mass is 262 g/mol. The number of hydrogen-bond donors (Lipinski definition) is 1. The van der Waals surface area contributed by atoms with Crippen LogP contribution in [0.1, 0.15) is 44.7 Å². The Balaban J connectivity index is 2.11. The van der Waals surface area contributed by atoms with Crippen LogP contribution in [0.15, 0.2) is 24.5 Å². The molecule has 4 nitrogen and oxygen atoms in total. The largest absolute Gasteiger partial charge is 0.481 e. The molecule has 1 aliphatic heterocycles. The smallest absolute Gasteiger partial charge is 0.310 e. The Hall–Kier alpha value is -1.42. The summed E-state index contributed by atoms with van der Waals surface area (Å²) in [5.74, 6) is -0.643. The van der Waals surface area contributed by atoms with Gasteiger partial charge in [-0.15, -0.1) is 0 Å². The maximum atomic E-state index is 11.6. The number of nitrogens with zero attached hydrogens (tertiary/aromatic N) is 2. The van der Waals surface area contributed by atoms with Gasteiger partial charge in [0.25, 0.3) is 0 Å². The van der Waals surface area contributed by atoms with Crippen molar-refractivity contribution in [2.24, 2.45) is 5.41 Å². The Morgan fingerprint density at radius 2 is 2.42 bits per heavy atom. The molecule has 0 saturated carbocycles. The minimum Gasteiger partial charge on any atom is -0.481 e. The highest BCUT2D eigenvalue weighted by molar-refractivity contribution is 5.75. The first-order valence-electron chi connectivity index (χ1n) is 6.96. The number of carbonyl (C=O) groups is 1. The van der Waals surface area contributed by atoms with Gasteiger partial charge in [-0.05, 0) is 37.9 Å². The maximum absolute atomic E-state index is 11.6. The molecule has 1 N–H and O–H groups in total. The van der Waals surface area contributed by atoms with Crippen LogP contribution in [0.25, 0.3) is 0 Å². The van der Waals surface area contributed by atoms with Crippen LogP contribution in [0.4, 0.5) is 0 Å². The molecule has 0 radical (unpaired) electrons. The molecule has 2 rings (SSSR count). The van der Waals surface area contributed by atoms with Crippen molar-refractivity contribution in [3.8, 4) is 0 Å². The minimum atomic E-state index is -0.643. The highest BCUT2D eigenvalue weighted by Gasteiger charge is 2.45. The molecule has 2 unspecified atom stereocenters. The van der Waals surface area contributed by atoms with Crippen molar-refractivity contribution in [2.75, 3.05) is 13.1 Å². The predicted molar refractivity (Wildman–Crippen MR) is 73.8 cm³/mol. The Kier molecular flexibility index (Phi) is 4.20. The van der Waals surface area contributed by atoms with E-state index in [2.05, 4.69) is 29.8 Å². The van der Waals surface area contributed by atoms with E-state index < -0.39 is 11.4 Å². The molecule has 0 bridgehead atoms. The second-order valence-corrected chi connectivity index (χ2v) is 5.52. The number of aromatic nitrogens is 1. The third-order valence-corrected chi connectivity index (χ3v) is 4.28. The third-order valence-electron chi connectivity index (χ3n) is 4.28. The van der Waals surface area contributed by atoms with E-state index in [0.29, 0.717) is 6.54 Å². The zero-order valence-corrected chi connectivity index (χ0v) is 11.7. The highest BCUT2D eigenvalue weighted by atomic mass is 16.4. The van der Waals surface area contributed by atoms with Gasteiger partial charge >= 0.3 is 5.97 Å². The molecule has 2 heterocycles. The lowest BCUT2D eigenvalue weighted by Crippen LogP contribution is -2.35. The van der Waals surface area contributed by atoms with Crippen molar-refractivity contribution in [1.82, 2.24) is 9.88 Å². The molecule has 19 heavy (non-hydrogen) atoms. The van der Waals surface area contributed by atoms with Crippen LogP contribution in [0, 0.1) is 5.41 Å². The Bertz CT molecular complexity index is 435. The van der Waals surface area contributed by atoms with Crippen molar-refractivity contribution < 1.29 is 9.90 Å². The topological polar surface area (TPSA) is 53.4 Å². The molecule has 1 fully saturated rings. The summed E-state index contributed by atoms with van der Waals surface area (Å²) in [5, 5.41) is 9.53. The molecular formula is C15H22N2O2. The van der Waals surface area contributed by atoms with Crippen molar-refractivity contribution in [3.63, 3.8) is 0 Å². The standard InChI is InChI=1S/C15H22N2O2/c1-3-6-15(14(18)19)7-9-17(11-15)12(2)13-5-4-8-16-10-13/h4-5,8,10,12H,3,6-7,9,11H2,1-2H3,(H,18,19). The summed E-state index contributed by atoms with van der Waals surface area (Å²) >= 11 is 0. The van der Waals surface area contributed by atoms with Gasteiger partial charge in [0.15, 0.2) is 0 Å². The summed E-state index contributed by atoms with van der Waals surface area (Å²) in [5.41, 5.74) is 0.603. The Morgan fingerprint density at radius 1 is 1.63 bits per heavy atom. The zero-order valence-electron chi connectivity index (χ0n) is 11.7. The van der Waals surface area contributed by atoms with Crippen molar-refractivity contribution in [2.45, 2.75) is 39.2 Å². The van der Waals surface area contributed by atoms with Crippen LogP contribution in [0.5, 0.6) is 0 Å². The summed E-state index contributed by atoms with van der Waals surface area (Å²) in [6, 6.07) is 4.21. The minimum absolute atomic E-state index is 0.229.